The smallest absolute Gasteiger partial charge is 0.235 e. The van der Waals surface area contributed by atoms with Gasteiger partial charge < -0.3 is 4.90 Å². The number of fused-ring (bicyclic) bond motifs is 1. The third-order valence-corrected chi connectivity index (χ3v) is 5.80. The standard InChI is InChI=1S/C18H23N5OS2/c1-4-10-22(11-5-2)18(24)13(3)26-16-9-8-15-19-20-17(23(15)21-16)14-7-6-12-25-14/h6-9,12-13H,4-5,10-11H2,1-3H3. The maximum Gasteiger partial charge on any atom is 0.235 e. The van der Waals surface area contributed by atoms with Crippen LogP contribution in [0.2, 0.25) is 0 Å². The lowest BCUT2D eigenvalue weighted by atomic mass is 10.3. The van der Waals surface area contributed by atoms with Crippen molar-refractivity contribution in [3.63, 3.8) is 0 Å². The van der Waals surface area contributed by atoms with Gasteiger partial charge >= 0.3 is 0 Å². The van der Waals surface area contributed by atoms with Crippen LogP contribution in [0.15, 0.2) is 34.7 Å². The van der Waals surface area contributed by atoms with Crippen LogP contribution in [-0.4, -0.2) is 49.0 Å². The summed E-state index contributed by atoms with van der Waals surface area (Å²) < 4.78 is 1.75. The van der Waals surface area contributed by atoms with Crippen molar-refractivity contribution in [1.29, 1.82) is 0 Å². The van der Waals surface area contributed by atoms with Crippen LogP contribution in [0.1, 0.15) is 33.6 Å². The molecular formula is C18H23N5OS2. The van der Waals surface area contributed by atoms with Gasteiger partial charge in [-0.15, -0.1) is 21.5 Å². The fourth-order valence-electron chi connectivity index (χ4n) is 2.76. The Labute approximate surface area is 161 Å². The minimum atomic E-state index is -0.181. The molecule has 1 atom stereocenters. The Hall–Kier alpha value is -1.93. The first-order valence-electron chi connectivity index (χ1n) is 8.85. The molecule has 0 bridgehead atoms. The summed E-state index contributed by atoms with van der Waals surface area (Å²) in [6.07, 6.45) is 1.94. The average Bonchev–Trinajstić information content (AvgIpc) is 3.29. The fraction of sp³-hybridized carbons (Fsp3) is 0.444. The summed E-state index contributed by atoms with van der Waals surface area (Å²) in [5.74, 6) is 0.901. The molecule has 0 aliphatic heterocycles. The Morgan fingerprint density at radius 3 is 2.65 bits per heavy atom. The highest BCUT2D eigenvalue weighted by Crippen LogP contribution is 2.26. The zero-order valence-electron chi connectivity index (χ0n) is 15.3. The third-order valence-electron chi connectivity index (χ3n) is 3.92. The van der Waals surface area contributed by atoms with Crippen LogP contribution in [0.25, 0.3) is 16.3 Å². The van der Waals surface area contributed by atoms with Gasteiger partial charge in [0.25, 0.3) is 0 Å². The second kappa shape index (κ2) is 8.64. The lowest BCUT2D eigenvalue weighted by Crippen LogP contribution is -2.37. The van der Waals surface area contributed by atoms with Gasteiger partial charge in [-0.3, -0.25) is 4.79 Å². The second-order valence-corrected chi connectivity index (χ2v) is 8.34. The van der Waals surface area contributed by atoms with Crippen molar-refractivity contribution >= 4 is 34.7 Å². The van der Waals surface area contributed by atoms with Crippen LogP contribution in [0, 0.1) is 0 Å². The molecule has 3 rings (SSSR count). The van der Waals surface area contributed by atoms with Gasteiger partial charge in [-0.2, -0.15) is 9.61 Å². The predicted octanol–water partition coefficient (Wildman–Crippen LogP) is 3.98. The van der Waals surface area contributed by atoms with Crippen molar-refractivity contribution in [3.8, 4) is 10.7 Å². The zero-order valence-corrected chi connectivity index (χ0v) is 16.9. The van der Waals surface area contributed by atoms with Crippen LogP contribution in [0.3, 0.4) is 0 Å². The fourth-order valence-corrected chi connectivity index (χ4v) is 4.34. The van der Waals surface area contributed by atoms with E-state index in [0.29, 0.717) is 5.65 Å². The molecule has 6 nitrogen and oxygen atoms in total. The number of hydrogen-bond donors (Lipinski definition) is 0. The monoisotopic (exact) mass is 389 g/mol. The molecule has 3 heterocycles. The molecule has 1 unspecified atom stereocenters. The summed E-state index contributed by atoms with van der Waals surface area (Å²) in [6, 6.07) is 7.78. The minimum Gasteiger partial charge on any atom is -0.342 e. The van der Waals surface area contributed by atoms with Crippen molar-refractivity contribution in [2.45, 2.75) is 43.9 Å². The lowest BCUT2D eigenvalue weighted by Gasteiger charge is -2.24. The number of carbonyl (C=O) groups excluding carboxylic acids is 1. The van der Waals surface area contributed by atoms with Gasteiger partial charge in [0, 0.05) is 13.1 Å². The van der Waals surface area contributed by atoms with E-state index in [1.807, 2.05) is 41.5 Å². The third kappa shape index (κ3) is 4.07. The molecule has 0 N–H and O–H groups in total. The molecule has 3 aromatic rings. The number of nitrogens with zero attached hydrogens (tertiary/aromatic N) is 5. The van der Waals surface area contributed by atoms with Crippen molar-refractivity contribution < 1.29 is 4.79 Å². The van der Waals surface area contributed by atoms with E-state index in [-0.39, 0.29) is 11.2 Å². The Morgan fingerprint density at radius 2 is 2.00 bits per heavy atom. The molecule has 0 aliphatic carbocycles. The number of carbonyl (C=O) groups is 1. The molecule has 0 saturated heterocycles. The number of aromatic nitrogens is 4. The summed E-state index contributed by atoms with van der Waals surface area (Å²) in [7, 11) is 0. The van der Waals surface area contributed by atoms with Crippen molar-refractivity contribution in [3.05, 3.63) is 29.6 Å². The first-order valence-corrected chi connectivity index (χ1v) is 10.6. The Bertz CT molecular complexity index is 856. The van der Waals surface area contributed by atoms with E-state index in [1.54, 1.807) is 15.9 Å². The molecule has 0 fully saturated rings. The Kier molecular flexibility index (Phi) is 6.26. The van der Waals surface area contributed by atoms with E-state index in [1.165, 1.54) is 11.8 Å². The lowest BCUT2D eigenvalue weighted by molar-refractivity contribution is -0.130. The number of thioether (sulfide) groups is 1. The quantitative estimate of drug-likeness (QED) is 0.545. The van der Waals surface area contributed by atoms with Gasteiger partial charge in [0.05, 0.1) is 10.1 Å². The summed E-state index contributed by atoms with van der Waals surface area (Å²) >= 11 is 3.08. The average molecular weight is 390 g/mol. The van der Waals surface area contributed by atoms with Crippen LogP contribution in [-0.2, 0) is 4.79 Å². The minimum absolute atomic E-state index is 0.169. The molecule has 8 heteroatoms. The predicted molar refractivity (Wildman–Crippen MR) is 107 cm³/mol. The van der Waals surface area contributed by atoms with Crippen LogP contribution >= 0.6 is 23.1 Å². The molecule has 1 amide bonds. The van der Waals surface area contributed by atoms with E-state index >= 15 is 0 Å². The molecule has 0 aromatic carbocycles. The summed E-state index contributed by atoms with van der Waals surface area (Å²) in [5.41, 5.74) is 0.704. The van der Waals surface area contributed by atoms with Crippen LogP contribution in [0.5, 0.6) is 0 Å². The molecule has 3 aromatic heterocycles. The normalized spacial score (nSPS) is 12.4. The van der Waals surface area contributed by atoms with E-state index in [9.17, 15) is 4.79 Å². The van der Waals surface area contributed by atoms with Crippen LogP contribution < -0.4 is 0 Å². The largest absolute Gasteiger partial charge is 0.342 e. The van der Waals surface area contributed by atoms with E-state index < -0.39 is 0 Å². The maximum absolute atomic E-state index is 12.7. The molecule has 26 heavy (non-hydrogen) atoms. The van der Waals surface area contributed by atoms with Gasteiger partial charge in [0.1, 0.15) is 5.03 Å². The van der Waals surface area contributed by atoms with Crippen molar-refractivity contribution in [2.24, 2.45) is 0 Å². The molecule has 0 saturated carbocycles. The van der Waals surface area contributed by atoms with Crippen molar-refractivity contribution in [2.75, 3.05) is 13.1 Å². The molecule has 0 aliphatic rings. The topological polar surface area (TPSA) is 63.4 Å². The second-order valence-electron chi connectivity index (χ2n) is 6.03. The Morgan fingerprint density at radius 1 is 1.23 bits per heavy atom. The molecule has 0 radical (unpaired) electrons. The molecule has 138 valence electrons. The molecule has 0 spiro atoms. The summed E-state index contributed by atoms with van der Waals surface area (Å²) in [4.78, 5) is 15.7. The highest BCUT2D eigenvalue weighted by Gasteiger charge is 2.21. The number of rotatable bonds is 8. The maximum atomic E-state index is 12.7. The highest BCUT2D eigenvalue weighted by molar-refractivity contribution is 8.00. The van der Waals surface area contributed by atoms with Gasteiger partial charge in [0.15, 0.2) is 11.5 Å². The zero-order chi connectivity index (χ0) is 18.5. The number of thiophene rings is 1. The van der Waals surface area contributed by atoms with Gasteiger partial charge in [-0.25, -0.2) is 0 Å². The van der Waals surface area contributed by atoms with Gasteiger partial charge in [-0.05, 0) is 43.3 Å². The highest BCUT2D eigenvalue weighted by atomic mass is 32.2. The van der Waals surface area contributed by atoms with E-state index in [2.05, 4.69) is 29.1 Å². The van der Waals surface area contributed by atoms with Crippen LogP contribution in [0.4, 0.5) is 0 Å². The number of amides is 1. The SMILES string of the molecule is CCCN(CCC)C(=O)C(C)Sc1ccc2nnc(-c3cccs3)n2n1. The summed E-state index contributed by atoms with van der Waals surface area (Å²) in [5, 5.41) is 15.7. The Balaban J connectivity index is 1.80. The van der Waals surface area contributed by atoms with E-state index in [4.69, 9.17) is 0 Å². The summed E-state index contributed by atoms with van der Waals surface area (Å²) in [6.45, 7) is 7.75. The van der Waals surface area contributed by atoms with Gasteiger partial charge in [0.2, 0.25) is 5.91 Å². The first-order chi connectivity index (χ1) is 12.6. The first kappa shape index (κ1) is 18.8. The van der Waals surface area contributed by atoms with Gasteiger partial charge in [-0.1, -0.05) is 31.7 Å². The van der Waals surface area contributed by atoms with Crippen molar-refractivity contribution in [1.82, 2.24) is 24.7 Å². The number of hydrogen-bond acceptors (Lipinski definition) is 6. The van der Waals surface area contributed by atoms with E-state index in [0.717, 1.165) is 41.7 Å². The molecular weight excluding hydrogens is 366 g/mol.